The molecule has 0 unspecified atom stereocenters. The van der Waals surface area contributed by atoms with Crippen molar-refractivity contribution in [3.05, 3.63) is 82.2 Å². The lowest BCUT2D eigenvalue weighted by Gasteiger charge is -2.06. The van der Waals surface area contributed by atoms with Crippen LogP contribution >= 0.6 is 22.9 Å². The maximum Gasteiger partial charge on any atom is 0.268 e. The molecular formula is C20H17ClN4OS. The van der Waals surface area contributed by atoms with Gasteiger partial charge in [-0.15, -0.1) is 11.3 Å². The molecule has 0 bridgehead atoms. The summed E-state index contributed by atoms with van der Waals surface area (Å²) in [6.07, 6.45) is 9.09. The van der Waals surface area contributed by atoms with Gasteiger partial charge in [0.2, 0.25) is 0 Å². The number of aliphatic imine (C=N–C) groups is 1. The Morgan fingerprint density at radius 2 is 2.00 bits per heavy atom. The lowest BCUT2D eigenvalue weighted by molar-refractivity contribution is 0.103. The van der Waals surface area contributed by atoms with E-state index in [0.717, 1.165) is 11.3 Å². The third kappa shape index (κ3) is 4.61. The first-order chi connectivity index (χ1) is 13.1. The molecule has 3 rings (SSSR count). The van der Waals surface area contributed by atoms with Crippen LogP contribution in [0.1, 0.15) is 21.6 Å². The lowest BCUT2D eigenvalue weighted by Crippen LogP contribution is -2.10. The van der Waals surface area contributed by atoms with E-state index in [4.69, 9.17) is 11.6 Å². The standard InChI is InChI=1S/C20H17ClN4OS/c1-14(6-5-11-22-2)20-24-18(21)17(27-20)19(26)23-15-7-9-16(10-8-15)25-12-3-4-13-25/h3-13H,2H2,1H3,(H,23,26)/b11-5-,14-6+. The minimum Gasteiger partial charge on any atom is -0.324 e. The summed E-state index contributed by atoms with van der Waals surface area (Å²) in [6, 6.07) is 11.5. The molecule has 0 radical (unpaired) electrons. The van der Waals surface area contributed by atoms with Gasteiger partial charge in [-0.2, -0.15) is 0 Å². The number of rotatable bonds is 6. The molecule has 136 valence electrons. The number of thiazole rings is 1. The number of carbonyl (C=O) groups excluding carboxylic acids is 1. The molecule has 2 aromatic heterocycles. The summed E-state index contributed by atoms with van der Waals surface area (Å²) in [5.41, 5.74) is 2.59. The molecule has 27 heavy (non-hydrogen) atoms. The van der Waals surface area contributed by atoms with Crippen LogP contribution in [-0.4, -0.2) is 22.2 Å². The Labute approximate surface area is 166 Å². The Morgan fingerprint density at radius 3 is 2.67 bits per heavy atom. The van der Waals surface area contributed by atoms with Crippen LogP contribution in [0.15, 0.2) is 72.1 Å². The molecule has 5 nitrogen and oxygen atoms in total. The van der Waals surface area contributed by atoms with Crippen LogP contribution in [0, 0.1) is 0 Å². The number of allylic oxidation sites excluding steroid dienone is 3. The molecule has 7 heteroatoms. The van der Waals surface area contributed by atoms with Gasteiger partial charge < -0.3 is 9.88 Å². The van der Waals surface area contributed by atoms with Crippen LogP contribution in [-0.2, 0) is 0 Å². The van der Waals surface area contributed by atoms with Crippen molar-refractivity contribution in [1.29, 1.82) is 0 Å². The van der Waals surface area contributed by atoms with E-state index in [-0.39, 0.29) is 11.1 Å². The number of carbonyl (C=O) groups is 1. The van der Waals surface area contributed by atoms with Crippen molar-refractivity contribution in [3.63, 3.8) is 0 Å². The van der Waals surface area contributed by atoms with Crippen LogP contribution in [0.4, 0.5) is 5.69 Å². The van der Waals surface area contributed by atoms with Gasteiger partial charge in [0.1, 0.15) is 9.88 Å². The highest BCUT2D eigenvalue weighted by Crippen LogP contribution is 2.29. The van der Waals surface area contributed by atoms with Crippen molar-refractivity contribution >= 4 is 46.8 Å². The summed E-state index contributed by atoms with van der Waals surface area (Å²) in [5.74, 6) is -0.284. The number of amides is 1. The monoisotopic (exact) mass is 396 g/mol. The topological polar surface area (TPSA) is 59.3 Å². The second kappa shape index (κ2) is 8.62. The van der Waals surface area contributed by atoms with E-state index in [9.17, 15) is 4.79 Å². The van der Waals surface area contributed by atoms with E-state index in [0.29, 0.717) is 15.6 Å². The number of nitrogens with one attached hydrogen (secondary N) is 1. The van der Waals surface area contributed by atoms with Crippen molar-refractivity contribution in [2.24, 2.45) is 4.99 Å². The average molecular weight is 397 g/mol. The maximum atomic E-state index is 12.6. The van der Waals surface area contributed by atoms with Gasteiger partial charge in [0.25, 0.3) is 5.91 Å². The highest BCUT2D eigenvalue weighted by atomic mass is 35.5. The molecule has 2 heterocycles. The second-order valence-corrected chi connectivity index (χ2v) is 6.96. The minimum absolute atomic E-state index is 0.190. The molecule has 0 aliphatic carbocycles. The fraction of sp³-hybridized carbons (Fsp3) is 0.0500. The summed E-state index contributed by atoms with van der Waals surface area (Å²) in [6.45, 7) is 5.27. The van der Waals surface area contributed by atoms with Crippen LogP contribution in [0.25, 0.3) is 11.3 Å². The number of halogens is 1. The lowest BCUT2D eigenvalue weighted by atomic mass is 10.2. The molecular weight excluding hydrogens is 380 g/mol. The molecule has 1 aromatic carbocycles. The number of anilines is 1. The van der Waals surface area contributed by atoms with E-state index in [1.54, 1.807) is 12.3 Å². The molecule has 0 saturated carbocycles. The third-order valence-corrected chi connectivity index (χ3v) is 5.27. The summed E-state index contributed by atoms with van der Waals surface area (Å²) in [7, 11) is 0. The molecule has 1 amide bonds. The first-order valence-electron chi connectivity index (χ1n) is 8.09. The Balaban J connectivity index is 1.73. The van der Waals surface area contributed by atoms with Gasteiger partial charge >= 0.3 is 0 Å². The summed E-state index contributed by atoms with van der Waals surface area (Å²) in [5, 5.41) is 3.73. The van der Waals surface area contributed by atoms with Gasteiger partial charge in [0.05, 0.1) is 0 Å². The molecule has 0 atom stereocenters. The average Bonchev–Trinajstić information content (AvgIpc) is 3.32. The Hall–Kier alpha value is -2.96. The first-order valence-corrected chi connectivity index (χ1v) is 9.28. The number of hydrogen-bond acceptors (Lipinski definition) is 4. The van der Waals surface area contributed by atoms with Gasteiger partial charge in [-0.25, -0.2) is 4.98 Å². The summed E-state index contributed by atoms with van der Waals surface area (Å²) < 4.78 is 1.99. The number of nitrogens with zero attached hydrogens (tertiary/aromatic N) is 3. The second-order valence-electron chi connectivity index (χ2n) is 5.60. The highest BCUT2D eigenvalue weighted by molar-refractivity contribution is 7.15. The number of aromatic nitrogens is 2. The fourth-order valence-electron chi connectivity index (χ4n) is 2.34. The number of benzene rings is 1. The Kier molecular flexibility index (Phi) is 6.01. The van der Waals surface area contributed by atoms with Gasteiger partial charge in [-0.05, 0) is 61.7 Å². The fourth-order valence-corrected chi connectivity index (χ4v) is 3.51. The minimum atomic E-state index is -0.284. The summed E-state index contributed by atoms with van der Waals surface area (Å²) in [4.78, 5) is 20.8. The summed E-state index contributed by atoms with van der Waals surface area (Å²) >= 11 is 7.41. The predicted molar refractivity (Wildman–Crippen MR) is 113 cm³/mol. The van der Waals surface area contributed by atoms with Crippen molar-refractivity contribution in [1.82, 2.24) is 9.55 Å². The van der Waals surface area contributed by atoms with Crippen LogP contribution in [0.2, 0.25) is 5.15 Å². The Bertz CT molecular complexity index is 1000. The zero-order valence-corrected chi connectivity index (χ0v) is 16.2. The van der Waals surface area contributed by atoms with E-state index in [1.807, 2.05) is 66.4 Å². The van der Waals surface area contributed by atoms with E-state index >= 15 is 0 Å². The first kappa shape index (κ1) is 18.8. The molecule has 0 aliphatic heterocycles. The molecule has 3 aromatic rings. The molecule has 1 N–H and O–H groups in total. The molecule has 0 fully saturated rings. The predicted octanol–water partition coefficient (Wildman–Crippen LogP) is 5.46. The van der Waals surface area contributed by atoms with E-state index in [2.05, 4.69) is 22.0 Å². The highest BCUT2D eigenvalue weighted by Gasteiger charge is 2.17. The number of hydrogen-bond donors (Lipinski definition) is 1. The van der Waals surface area contributed by atoms with Gasteiger partial charge in [0, 0.05) is 30.0 Å². The quantitative estimate of drug-likeness (QED) is 0.444. The largest absolute Gasteiger partial charge is 0.324 e. The zero-order chi connectivity index (χ0) is 19.2. The third-order valence-electron chi connectivity index (χ3n) is 3.69. The molecule has 0 saturated heterocycles. The van der Waals surface area contributed by atoms with Gasteiger partial charge in [0.15, 0.2) is 5.15 Å². The molecule has 0 spiro atoms. The van der Waals surface area contributed by atoms with Crippen molar-refractivity contribution in [2.45, 2.75) is 6.92 Å². The van der Waals surface area contributed by atoms with Gasteiger partial charge in [-0.1, -0.05) is 17.7 Å². The Morgan fingerprint density at radius 1 is 1.30 bits per heavy atom. The van der Waals surface area contributed by atoms with Crippen molar-refractivity contribution in [3.8, 4) is 5.69 Å². The van der Waals surface area contributed by atoms with Crippen LogP contribution < -0.4 is 5.32 Å². The van der Waals surface area contributed by atoms with Crippen LogP contribution in [0.5, 0.6) is 0 Å². The zero-order valence-electron chi connectivity index (χ0n) is 14.6. The van der Waals surface area contributed by atoms with Crippen molar-refractivity contribution < 1.29 is 4.79 Å². The van der Waals surface area contributed by atoms with Gasteiger partial charge in [-0.3, -0.25) is 9.79 Å². The normalized spacial score (nSPS) is 11.7. The SMILES string of the molecule is C=N/C=C\C=C(/C)c1nc(Cl)c(C(=O)Nc2ccc(-n3cccc3)cc2)s1. The van der Waals surface area contributed by atoms with E-state index < -0.39 is 0 Å². The van der Waals surface area contributed by atoms with Crippen LogP contribution in [0.3, 0.4) is 0 Å². The smallest absolute Gasteiger partial charge is 0.268 e. The maximum absolute atomic E-state index is 12.6. The van der Waals surface area contributed by atoms with E-state index in [1.165, 1.54) is 11.3 Å². The molecule has 0 aliphatic rings. The van der Waals surface area contributed by atoms with Crippen molar-refractivity contribution in [2.75, 3.05) is 5.32 Å².